The highest BCUT2D eigenvalue weighted by Gasteiger charge is 2.05. The largest absolute Gasteiger partial charge is 0.269 e. The Morgan fingerprint density at radius 2 is 2.12 bits per heavy atom. The Bertz CT molecular complexity index is 523. The molecular formula is C11H10N2O2S2. The lowest BCUT2D eigenvalue weighted by Crippen LogP contribution is -1.87. The second-order valence-corrected chi connectivity index (χ2v) is 5.51. The molecule has 88 valence electrons. The molecule has 0 aliphatic carbocycles. The van der Waals surface area contributed by atoms with Crippen molar-refractivity contribution >= 4 is 28.8 Å². The van der Waals surface area contributed by atoms with Gasteiger partial charge in [0.1, 0.15) is 0 Å². The van der Waals surface area contributed by atoms with Crippen molar-refractivity contribution in [3.05, 3.63) is 50.5 Å². The average Bonchev–Trinajstić information content (AvgIpc) is 2.73. The van der Waals surface area contributed by atoms with Gasteiger partial charge in [-0.25, -0.2) is 4.98 Å². The number of nitro benzene ring substituents is 1. The van der Waals surface area contributed by atoms with E-state index in [9.17, 15) is 10.1 Å². The molecule has 0 saturated carbocycles. The van der Waals surface area contributed by atoms with Crippen LogP contribution in [0.3, 0.4) is 0 Å². The molecule has 0 saturated heterocycles. The van der Waals surface area contributed by atoms with Gasteiger partial charge in [-0.15, -0.1) is 23.1 Å². The lowest BCUT2D eigenvalue weighted by molar-refractivity contribution is -0.384. The van der Waals surface area contributed by atoms with Crippen molar-refractivity contribution in [3.8, 4) is 0 Å². The van der Waals surface area contributed by atoms with Crippen LogP contribution >= 0.6 is 23.1 Å². The standard InChI is InChI=1S/C11H10N2O2S2/c1-8-12-9(6-16-8)7-17-11-4-2-10(3-5-11)13(14)15/h2-6H,7H2,1H3. The summed E-state index contributed by atoms with van der Waals surface area (Å²) in [6.07, 6.45) is 0. The van der Waals surface area contributed by atoms with E-state index in [0.717, 1.165) is 21.3 Å². The van der Waals surface area contributed by atoms with Crippen LogP contribution in [0.25, 0.3) is 0 Å². The number of non-ortho nitro benzene ring substituents is 1. The van der Waals surface area contributed by atoms with Gasteiger partial charge in [0.25, 0.3) is 5.69 Å². The highest BCUT2D eigenvalue weighted by Crippen LogP contribution is 2.25. The molecule has 6 heteroatoms. The summed E-state index contributed by atoms with van der Waals surface area (Å²) in [5.41, 5.74) is 1.18. The van der Waals surface area contributed by atoms with Crippen LogP contribution in [0.15, 0.2) is 34.5 Å². The van der Waals surface area contributed by atoms with Crippen LogP contribution in [0, 0.1) is 17.0 Å². The number of thiazole rings is 1. The third kappa shape index (κ3) is 3.28. The molecule has 4 nitrogen and oxygen atoms in total. The van der Waals surface area contributed by atoms with Gasteiger partial charge >= 0.3 is 0 Å². The van der Waals surface area contributed by atoms with E-state index in [1.165, 1.54) is 12.1 Å². The Kier molecular flexibility index (Phi) is 3.75. The SMILES string of the molecule is Cc1nc(CSc2ccc([N+](=O)[O-])cc2)cs1. The molecule has 0 spiro atoms. The number of aryl methyl sites for hydroxylation is 1. The summed E-state index contributed by atoms with van der Waals surface area (Å²) in [5, 5.41) is 13.6. The monoisotopic (exact) mass is 266 g/mol. The van der Waals surface area contributed by atoms with Gasteiger partial charge in [-0.05, 0) is 19.1 Å². The summed E-state index contributed by atoms with van der Waals surface area (Å²) in [5.74, 6) is 0.794. The topological polar surface area (TPSA) is 56.0 Å². The molecule has 1 aromatic carbocycles. The minimum atomic E-state index is -0.391. The Balaban J connectivity index is 1.97. The zero-order valence-electron chi connectivity index (χ0n) is 9.12. The predicted octanol–water partition coefficient (Wildman–Crippen LogP) is 3.65. The maximum absolute atomic E-state index is 10.5. The van der Waals surface area contributed by atoms with Crippen molar-refractivity contribution in [2.24, 2.45) is 0 Å². The smallest absolute Gasteiger partial charge is 0.258 e. The first-order valence-corrected chi connectivity index (χ1v) is 6.80. The highest BCUT2D eigenvalue weighted by atomic mass is 32.2. The fourth-order valence-electron chi connectivity index (χ4n) is 1.30. The molecule has 0 unspecified atom stereocenters. The van der Waals surface area contributed by atoms with Gasteiger partial charge in [0.05, 0.1) is 15.6 Å². The first kappa shape index (κ1) is 12.1. The predicted molar refractivity (Wildman–Crippen MR) is 69.5 cm³/mol. The second-order valence-electron chi connectivity index (χ2n) is 3.40. The van der Waals surface area contributed by atoms with E-state index >= 15 is 0 Å². The molecule has 1 heterocycles. The molecule has 0 aliphatic rings. The summed E-state index contributed by atoms with van der Waals surface area (Å²) < 4.78 is 0. The highest BCUT2D eigenvalue weighted by molar-refractivity contribution is 7.98. The number of hydrogen-bond donors (Lipinski definition) is 0. The third-order valence-electron chi connectivity index (χ3n) is 2.10. The molecule has 2 aromatic rings. The summed E-state index contributed by atoms with van der Waals surface area (Å²) in [6, 6.07) is 6.58. The van der Waals surface area contributed by atoms with E-state index in [1.54, 1.807) is 35.2 Å². The average molecular weight is 266 g/mol. The van der Waals surface area contributed by atoms with Gasteiger partial charge < -0.3 is 0 Å². The number of nitro groups is 1. The fourth-order valence-corrected chi connectivity index (χ4v) is 2.80. The van der Waals surface area contributed by atoms with Gasteiger partial charge in [0, 0.05) is 28.2 Å². The van der Waals surface area contributed by atoms with E-state index in [2.05, 4.69) is 4.98 Å². The zero-order chi connectivity index (χ0) is 12.3. The Morgan fingerprint density at radius 1 is 1.41 bits per heavy atom. The van der Waals surface area contributed by atoms with Crippen LogP contribution < -0.4 is 0 Å². The van der Waals surface area contributed by atoms with Crippen molar-refractivity contribution in [3.63, 3.8) is 0 Å². The van der Waals surface area contributed by atoms with Crippen LogP contribution in [0.2, 0.25) is 0 Å². The van der Waals surface area contributed by atoms with Gasteiger partial charge in [-0.2, -0.15) is 0 Å². The summed E-state index contributed by atoms with van der Waals surface area (Å²) in [4.78, 5) is 15.5. The Labute approximate surface area is 107 Å². The van der Waals surface area contributed by atoms with Crippen LogP contribution in [-0.2, 0) is 5.75 Å². The van der Waals surface area contributed by atoms with Crippen LogP contribution in [0.1, 0.15) is 10.7 Å². The first-order chi connectivity index (χ1) is 8.15. The molecule has 0 radical (unpaired) electrons. The zero-order valence-corrected chi connectivity index (χ0v) is 10.8. The van der Waals surface area contributed by atoms with E-state index in [1.807, 2.05) is 12.3 Å². The van der Waals surface area contributed by atoms with Crippen molar-refractivity contribution in [2.75, 3.05) is 0 Å². The minimum absolute atomic E-state index is 0.124. The third-order valence-corrected chi connectivity index (χ3v) is 3.97. The van der Waals surface area contributed by atoms with E-state index in [-0.39, 0.29) is 5.69 Å². The second kappa shape index (κ2) is 5.29. The van der Waals surface area contributed by atoms with Crippen LogP contribution in [0.4, 0.5) is 5.69 Å². The first-order valence-electron chi connectivity index (χ1n) is 4.93. The maximum Gasteiger partial charge on any atom is 0.269 e. The maximum atomic E-state index is 10.5. The summed E-state index contributed by atoms with van der Waals surface area (Å²) >= 11 is 3.26. The number of aromatic nitrogens is 1. The number of thioether (sulfide) groups is 1. The van der Waals surface area contributed by atoms with Gasteiger partial charge in [0.15, 0.2) is 0 Å². The van der Waals surface area contributed by atoms with Crippen molar-refractivity contribution in [1.82, 2.24) is 4.98 Å². The molecule has 17 heavy (non-hydrogen) atoms. The van der Waals surface area contributed by atoms with Crippen molar-refractivity contribution in [1.29, 1.82) is 0 Å². The van der Waals surface area contributed by atoms with Gasteiger partial charge in [0.2, 0.25) is 0 Å². The molecule has 2 rings (SSSR count). The fraction of sp³-hybridized carbons (Fsp3) is 0.182. The lowest BCUT2D eigenvalue weighted by Gasteiger charge is -1.98. The minimum Gasteiger partial charge on any atom is -0.258 e. The molecule has 0 aliphatic heterocycles. The molecule has 0 amide bonds. The molecular weight excluding hydrogens is 256 g/mol. The Hall–Kier alpha value is -1.40. The van der Waals surface area contributed by atoms with E-state index in [0.29, 0.717) is 0 Å². The Morgan fingerprint density at radius 3 is 2.65 bits per heavy atom. The molecule has 0 fully saturated rings. The lowest BCUT2D eigenvalue weighted by atomic mass is 10.3. The van der Waals surface area contributed by atoms with Crippen LogP contribution in [0.5, 0.6) is 0 Å². The molecule has 0 atom stereocenters. The van der Waals surface area contributed by atoms with E-state index < -0.39 is 4.92 Å². The molecule has 1 aromatic heterocycles. The van der Waals surface area contributed by atoms with E-state index in [4.69, 9.17) is 0 Å². The number of rotatable bonds is 4. The number of hydrogen-bond acceptors (Lipinski definition) is 5. The quantitative estimate of drug-likeness (QED) is 0.481. The summed E-state index contributed by atoms with van der Waals surface area (Å²) in [6.45, 7) is 1.98. The summed E-state index contributed by atoms with van der Waals surface area (Å²) in [7, 11) is 0. The van der Waals surface area contributed by atoms with Crippen molar-refractivity contribution < 1.29 is 4.92 Å². The van der Waals surface area contributed by atoms with Crippen LogP contribution in [-0.4, -0.2) is 9.91 Å². The molecule has 0 N–H and O–H groups in total. The van der Waals surface area contributed by atoms with Gasteiger partial charge in [-0.3, -0.25) is 10.1 Å². The normalized spacial score (nSPS) is 10.4. The number of nitrogens with zero attached hydrogens (tertiary/aromatic N) is 2. The van der Waals surface area contributed by atoms with Crippen molar-refractivity contribution in [2.45, 2.75) is 17.6 Å². The number of benzene rings is 1. The molecule has 0 bridgehead atoms. The van der Waals surface area contributed by atoms with Gasteiger partial charge in [-0.1, -0.05) is 0 Å².